The summed E-state index contributed by atoms with van der Waals surface area (Å²) in [5, 5.41) is 22.3. The molecular formula is C26H25F2N5O3. The lowest BCUT2D eigenvalue weighted by molar-refractivity contribution is -0.130. The summed E-state index contributed by atoms with van der Waals surface area (Å²) < 4.78 is 28.3. The quantitative estimate of drug-likeness (QED) is 0.253. The van der Waals surface area contributed by atoms with Gasteiger partial charge in [0.25, 0.3) is 5.91 Å². The number of hydroxylamine groups is 1. The summed E-state index contributed by atoms with van der Waals surface area (Å²) in [6.45, 7) is 3.38. The second-order valence-corrected chi connectivity index (χ2v) is 9.07. The summed E-state index contributed by atoms with van der Waals surface area (Å²) >= 11 is 0. The van der Waals surface area contributed by atoms with Crippen molar-refractivity contribution in [1.29, 1.82) is 0 Å². The third-order valence-corrected chi connectivity index (χ3v) is 5.96. The molecule has 0 unspecified atom stereocenters. The minimum Gasteiger partial charge on any atom is -0.341 e. The van der Waals surface area contributed by atoms with Gasteiger partial charge in [0.2, 0.25) is 5.91 Å². The first kappa shape index (κ1) is 24.9. The Morgan fingerprint density at radius 1 is 1.03 bits per heavy atom. The zero-order valence-corrected chi connectivity index (χ0v) is 19.7. The number of hydrogen-bond acceptors (Lipinski definition) is 5. The molecule has 0 saturated carbocycles. The molecule has 3 aromatic carbocycles. The fraction of sp³-hybridized carbons (Fsp3) is 0.231. The molecule has 4 rings (SSSR count). The summed E-state index contributed by atoms with van der Waals surface area (Å²) in [6.07, 6.45) is 1.98. The lowest BCUT2D eigenvalue weighted by Crippen LogP contribution is -2.41. The van der Waals surface area contributed by atoms with Crippen LogP contribution in [0.3, 0.4) is 0 Å². The van der Waals surface area contributed by atoms with Crippen molar-refractivity contribution in [3.63, 3.8) is 0 Å². The Balaban J connectivity index is 1.56. The molecule has 8 nitrogen and oxygen atoms in total. The average Bonchev–Trinajstić information content (AvgIpc) is 3.36. The Hall–Kier alpha value is -4.18. The number of aromatic nitrogens is 3. The van der Waals surface area contributed by atoms with E-state index in [1.165, 1.54) is 10.7 Å². The van der Waals surface area contributed by atoms with E-state index in [4.69, 9.17) is 5.21 Å². The molecule has 36 heavy (non-hydrogen) atoms. The standard InChI is InChI=1S/C26H25F2N5O3/c1-26(2,29-25(35)19-9-10-21(27)22(28)13-19)23-15-33(32-30-23)20(14-24(34)31-36)12-16-7-8-17-5-3-4-6-18(17)11-16/h3-11,13,15,20,36H,12,14H2,1-2H3,(H,29,35)(H,31,34)/t20-/m1/s1. The Morgan fingerprint density at radius 3 is 2.50 bits per heavy atom. The van der Waals surface area contributed by atoms with Gasteiger partial charge >= 0.3 is 0 Å². The highest BCUT2D eigenvalue weighted by atomic mass is 19.2. The van der Waals surface area contributed by atoms with E-state index in [9.17, 15) is 18.4 Å². The van der Waals surface area contributed by atoms with Gasteiger partial charge in [0.05, 0.1) is 24.2 Å². The van der Waals surface area contributed by atoms with Crippen LogP contribution in [-0.2, 0) is 16.8 Å². The van der Waals surface area contributed by atoms with E-state index in [0.717, 1.165) is 28.5 Å². The van der Waals surface area contributed by atoms with Gasteiger partial charge in [-0.3, -0.25) is 14.8 Å². The third kappa shape index (κ3) is 5.55. The Kier molecular flexibility index (Phi) is 7.07. The van der Waals surface area contributed by atoms with Crippen molar-refractivity contribution in [1.82, 2.24) is 25.8 Å². The van der Waals surface area contributed by atoms with Gasteiger partial charge in [-0.25, -0.2) is 18.9 Å². The molecule has 2 amide bonds. The van der Waals surface area contributed by atoms with Gasteiger partial charge in [0, 0.05) is 5.56 Å². The highest BCUT2D eigenvalue weighted by Crippen LogP contribution is 2.24. The first-order valence-electron chi connectivity index (χ1n) is 11.3. The first-order valence-corrected chi connectivity index (χ1v) is 11.3. The molecule has 1 heterocycles. The Bertz CT molecular complexity index is 1420. The highest BCUT2D eigenvalue weighted by molar-refractivity contribution is 5.94. The molecule has 0 spiro atoms. The van der Waals surface area contributed by atoms with Crippen molar-refractivity contribution in [2.24, 2.45) is 0 Å². The van der Waals surface area contributed by atoms with Crippen LogP contribution in [0.2, 0.25) is 0 Å². The number of carbonyl (C=O) groups is 2. The minimum absolute atomic E-state index is 0.0387. The van der Waals surface area contributed by atoms with E-state index in [0.29, 0.717) is 12.1 Å². The number of nitrogens with zero attached hydrogens (tertiary/aromatic N) is 3. The summed E-state index contributed by atoms with van der Waals surface area (Å²) in [7, 11) is 0. The molecule has 0 bridgehead atoms. The average molecular weight is 494 g/mol. The summed E-state index contributed by atoms with van der Waals surface area (Å²) in [4.78, 5) is 24.7. The third-order valence-electron chi connectivity index (χ3n) is 5.96. The molecule has 1 aromatic heterocycles. The van der Waals surface area contributed by atoms with E-state index in [2.05, 4.69) is 15.6 Å². The summed E-state index contributed by atoms with van der Waals surface area (Å²) in [6, 6.07) is 16.3. The van der Waals surface area contributed by atoms with Crippen LogP contribution in [0.25, 0.3) is 10.8 Å². The van der Waals surface area contributed by atoms with Crippen LogP contribution in [0.4, 0.5) is 8.78 Å². The van der Waals surface area contributed by atoms with Gasteiger partial charge in [-0.15, -0.1) is 5.10 Å². The Morgan fingerprint density at radius 2 is 1.78 bits per heavy atom. The van der Waals surface area contributed by atoms with Crippen LogP contribution in [0.1, 0.15) is 47.9 Å². The number of halogens is 2. The SMILES string of the molecule is CC(C)(NC(=O)c1ccc(F)c(F)c1)c1cn([C@@H](CC(=O)NO)Cc2ccc3ccccc3c2)nn1. The number of nitrogens with one attached hydrogen (secondary N) is 2. The van der Waals surface area contributed by atoms with Crippen LogP contribution >= 0.6 is 0 Å². The van der Waals surface area contributed by atoms with Crippen molar-refractivity contribution >= 4 is 22.6 Å². The van der Waals surface area contributed by atoms with Gasteiger partial charge in [-0.2, -0.15) is 0 Å². The van der Waals surface area contributed by atoms with Gasteiger partial charge < -0.3 is 5.32 Å². The number of carbonyl (C=O) groups excluding carboxylic acids is 2. The monoisotopic (exact) mass is 493 g/mol. The van der Waals surface area contributed by atoms with Crippen molar-refractivity contribution in [3.05, 3.63) is 95.3 Å². The van der Waals surface area contributed by atoms with Gasteiger partial charge in [-0.05, 0) is 54.8 Å². The zero-order chi connectivity index (χ0) is 25.9. The first-order chi connectivity index (χ1) is 17.2. The number of benzene rings is 3. The molecule has 0 aliphatic carbocycles. The maximum atomic E-state index is 13.6. The van der Waals surface area contributed by atoms with Gasteiger partial charge in [-0.1, -0.05) is 47.7 Å². The maximum Gasteiger partial charge on any atom is 0.252 e. The smallest absolute Gasteiger partial charge is 0.252 e. The van der Waals surface area contributed by atoms with Gasteiger partial charge in [0.1, 0.15) is 5.69 Å². The molecule has 0 aliphatic heterocycles. The lowest BCUT2D eigenvalue weighted by Gasteiger charge is -2.24. The Labute approximate surface area is 205 Å². The number of fused-ring (bicyclic) bond motifs is 1. The van der Waals surface area contributed by atoms with Crippen LogP contribution in [0, 0.1) is 11.6 Å². The van der Waals surface area contributed by atoms with Crippen LogP contribution in [0.5, 0.6) is 0 Å². The topological polar surface area (TPSA) is 109 Å². The van der Waals surface area contributed by atoms with E-state index in [-0.39, 0.29) is 12.0 Å². The second kappa shape index (κ2) is 10.2. The number of rotatable bonds is 8. The van der Waals surface area contributed by atoms with E-state index < -0.39 is 35.0 Å². The fourth-order valence-electron chi connectivity index (χ4n) is 3.96. The van der Waals surface area contributed by atoms with Crippen LogP contribution in [-0.4, -0.2) is 32.0 Å². The van der Waals surface area contributed by atoms with Crippen molar-refractivity contribution in [2.45, 2.75) is 38.3 Å². The zero-order valence-electron chi connectivity index (χ0n) is 19.7. The minimum atomic E-state index is -1.12. The predicted molar refractivity (Wildman–Crippen MR) is 128 cm³/mol. The molecular weight excluding hydrogens is 468 g/mol. The molecule has 1 atom stereocenters. The van der Waals surface area contributed by atoms with Gasteiger partial charge in [0.15, 0.2) is 11.6 Å². The van der Waals surface area contributed by atoms with Crippen molar-refractivity contribution < 1.29 is 23.6 Å². The van der Waals surface area contributed by atoms with Crippen molar-refractivity contribution in [3.8, 4) is 0 Å². The predicted octanol–water partition coefficient (Wildman–Crippen LogP) is 4.05. The van der Waals surface area contributed by atoms with E-state index >= 15 is 0 Å². The van der Waals surface area contributed by atoms with Crippen molar-refractivity contribution in [2.75, 3.05) is 0 Å². The van der Waals surface area contributed by atoms with Crippen LogP contribution < -0.4 is 10.8 Å². The van der Waals surface area contributed by atoms with E-state index in [1.54, 1.807) is 25.5 Å². The number of hydrogen-bond donors (Lipinski definition) is 3. The summed E-state index contributed by atoms with van der Waals surface area (Å²) in [5.74, 6) is -3.35. The largest absolute Gasteiger partial charge is 0.341 e. The van der Waals surface area contributed by atoms with Crippen LogP contribution in [0.15, 0.2) is 66.9 Å². The molecule has 186 valence electrons. The second-order valence-electron chi connectivity index (χ2n) is 9.07. The molecule has 3 N–H and O–H groups in total. The summed E-state index contributed by atoms with van der Waals surface area (Å²) in [5.41, 5.74) is 1.96. The fourth-order valence-corrected chi connectivity index (χ4v) is 3.96. The maximum absolute atomic E-state index is 13.6. The molecule has 10 heteroatoms. The normalized spacial score (nSPS) is 12.4. The highest BCUT2D eigenvalue weighted by Gasteiger charge is 2.29. The molecule has 0 radical (unpaired) electrons. The molecule has 0 saturated heterocycles. The molecule has 4 aromatic rings. The number of amides is 2. The molecule has 0 fully saturated rings. The van der Waals surface area contributed by atoms with E-state index in [1.807, 2.05) is 42.5 Å². The molecule has 0 aliphatic rings. The lowest BCUT2D eigenvalue weighted by atomic mass is 9.99.